The molecule has 0 fully saturated rings. The van der Waals surface area contributed by atoms with Crippen LogP contribution in [-0.2, 0) is 0 Å². The van der Waals surface area contributed by atoms with E-state index >= 15 is 0 Å². The number of pyridine rings is 1. The van der Waals surface area contributed by atoms with Crippen molar-refractivity contribution in [2.24, 2.45) is 0 Å². The van der Waals surface area contributed by atoms with Crippen molar-refractivity contribution in [3.8, 4) is 0 Å². The number of nitrogens with two attached hydrogens (primary N) is 1. The molecule has 0 unspecified atom stereocenters. The molecule has 1 aromatic carbocycles. The summed E-state index contributed by atoms with van der Waals surface area (Å²) in [6.45, 7) is 3.99. The second-order valence-corrected chi connectivity index (χ2v) is 3.93. The lowest BCUT2D eigenvalue weighted by molar-refractivity contribution is 1.25. The second kappa shape index (κ2) is 4.74. The van der Waals surface area contributed by atoms with Crippen molar-refractivity contribution in [2.45, 2.75) is 13.8 Å². The molecule has 1 heterocycles. The molecule has 0 saturated heterocycles. The van der Waals surface area contributed by atoms with Crippen molar-refractivity contribution in [2.75, 3.05) is 16.6 Å². The van der Waals surface area contributed by atoms with Crippen LogP contribution in [0.1, 0.15) is 11.1 Å². The monoisotopic (exact) mass is 228 g/mol. The van der Waals surface area contributed by atoms with Gasteiger partial charge in [0.25, 0.3) is 0 Å². The molecule has 2 rings (SSSR count). The molecule has 4 N–H and O–H groups in total. The molecule has 0 amide bonds. The minimum absolute atomic E-state index is 0.769. The third kappa shape index (κ3) is 2.47. The Morgan fingerprint density at radius 3 is 2.59 bits per heavy atom. The maximum absolute atomic E-state index is 5.97. The molecule has 2 aromatic rings. The zero-order valence-electron chi connectivity index (χ0n) is 9.99. The van der Waals surface area contributed by atoms with E-state index in [1.807, 2.05) is 44.2 Å². The highest BCUT2D eigenvalue weighted by molar-refractivity contribution is 5.67. The predicted octanol–water partition coefficient (Wildman–Crippen LogP) is 2.72. The zero-order chi connectivity index (χ0) is 12.3. The molecule has 4 nitrogen and oxygen atoms in total. The fourth-order valence-corrected chi connectivity index (χ4v) is 1.57. The Morgan fingerprint density at radius 1 is 1.06 bits per heavy atom. The lowest BCUT2D eigenvalue weighted by atomic mass is 10.1. The quantitative estimate of drug-likeness (QED) is 0.558. The standard InChI is InChI=1S/C13H16N4/c1-9-6-7-11(10(2)13(9)14)16-17-12-5-3-4-8-15-12/h3-8,16H,14H2,1-2H3,(H,15,17). The Kier molecular flexibility index (Phi) is 3.14. The number of anilines is 3. The molecule has 0 spiro atoms. The van der Waals surface area contributed by atoms with Gasteiger partial charge in [0.15, 0.2) is 0 Å². The van der Waals surface area contributed by atoms with Gasteiger partial charge in [-0.3, -0.25) is 10.9 Å². The first-order valence-corrected chi connectivity index (χ1v) is 5.47. The van der Waals surface area contributed by atoms with Crippen molar-refractivity contribution in [1.82, 2.24) is 4.98 Å². The molecular formula is C13H16N4. The number of hydrazine groups is 1. The summed E-state index contributed by atoms with van der Waals surface area (Å²) in [5.41, 5.74) is 16.0. The molecule has 0 saturated carbocycles. The number of hydrogen-bond donors (Lipinski definition) is 3. The lowest BCUT2D eigenvalue weighted by Crippen LogP contribution is -2.11. The molecule has 1 aromatic heterocycles. The van der Waals surface area contributed by atoms with Crippen molar-refractivity contribution in [1.29, 1.82) is 0 Å². The topological polar surface area (TPSA) is 63.0 Å². The number of aromatic nitrogens is 1. The minimum atomic E-state index is 0.769. The van der Waals surface area contributed by atoms with Gasteiger partial charge in [-0.2, -0.15) is 0 Å². The molecular weight excluding hydrogens is 212 g/mol. The average molecular weight is 228 g/mol. The number of nitrogen functional groups attached to an aromatic ring is 1. The van der Waals surface area contributed by atoms with Crippen molar-refractivity contribution in [3.05, 3.63) is 47.7 Å². The summed E-state index contributed by atoms with van der Waals surface area (Å²) in [4.78, 5) is 4.16. The molecule has 88 valence electrons. The van der Waals surface area contributed by atoms with Gasteiger partial charge in [-0.1, -0.05) is 12.1 Å². The van der Waals surface area contributed by atoms with Gasteiger partial charge < -0.3 is 5.73 Å². The Balaban J connectivity index is 2.13. The summed E-state index contributed by atoms with van der Waals surface area (Å²) >= 11 is 0. The van der Waals surface area contributed by atoms with Crippen LogP contribution < -0.4 is 16.6 Å². The van der Waals surface area contributed by atoms with Gasteiger partial charge in [0, 0.05) is 11.9 Å². The average Bonchev–Trinajstić information content (AvgIpc) is 2.36. The molecule has 0 aliphatic rings. The minimum Gasteiger partial charge on any atom is -0.398 e. The summed E-state index contributed by atoms with van der Waals surface area (Å²) < 4.78 is 0. The summed E-state index contributed by atoms with van der Waals surface area (Å²) in [6, 6.07) is 9.68. The molecule has 0 atom stereocenters. The van der Waals surface area contributed by atoms with Gasteiger partial charge in [-0.05, 0) is 43.2 Å². The smallest absolute Gasteiger partial charge is 0.144 e. The lowest BCUT2D eigenvalue weighted by Gasteiger charge is -2.14. The number of nitrogens with one attached hydrogen (secondary N) is 2. The maximum atomic E-state index is 5.97. The summed E-state index contributed by atoms with van der Waals surface area (Å²) in [5, 5.41) is 0. The van der Waals surface area contributed by atoms with E-state index in [1.165, 1.54) is 0 Å². The largest absolute Gasteiger partial charge is 0.398 e. The number of nitrogens with zero attached hydrogens (tertiary/aromatic N) is 1. The SMILES string of the molecule is Cc1ccc(NNc2ccccn2)c(C)c1N. The van der Waals surface area contributed by atoms with Gasteiger partial charge >= 0.3 is 0 Å². The molecule has 0 aliphatic heterocycles. The Morgan fingerprint density at radius 2 is 1.88 bits per heavy atom. The fourth-order valence-electron chi connectivity index (χ4n) is 1.57. The Bertz CT molecular complexity index is 508. The molecule has 0 bridgehead atoms. The van der Waals surface area contributed by atoms with E-state index in [9.17, 15) is 0 Å². The third-order valence-electron chi connectivity index (χ3n) is 2.72. The van der Waals surface area contributed by atoms with Crippen LogP contribution in [0.15, 0.2) is 36.5 Å². The van der Waals surface area contributed by atoms with E-state index in [-0.39, 0.29) is 0 Å². The normalized spacial score (nSPS) is 10.0. The van der Waals surface area contributed by atoms with Gasteiger partial charge in [0.1, 0.15) is 5.82 Å². The Hall–Kier alpha value is -2.23. The van der Waals surface area contributed by atoms with Crippen molar-refractivity contribution >= 4 is 17.2 Å². The van der Waals surface area contributed by atoms with Crippen LogP contribution in [0.25, 0.3) is 0 Å². The van der Waals surface area contributed by atoms with Crippen LogP contribution in [-0.4, -0.2) is 4.98 Å². The van der Waals surface area contributed by atoms with E-state index in [0.717, 1.165) is 28.3 Å². The van der Waals surface area contributed by atoms with Gasteiger partial charge in [-0.25, -0.2) is 4.98 Å². The first-order valence-electron chi connectivity index (χ1n) is 5.47. The summed E-state index contributed by atoms with van der Waals surface area (Å²) in [6.07, 6.45) is 1.74. The van der Waals surface area contributed by atoms with Crippen LogP contribution in [0, 0.1) is 13.8 Å². The fraction of sp³-hybridized carbons (Fsp3) is 0.154. The van der Waals surface area contributed by atoms with Gasteiger partial charge in [0.2, 0.25) is 0 Å². The van der Waals surface area contributed by atoms with Crippen LogP contribution in [0.3, 0.4) is 0 Å². The van der Waals surface area contributed by atoms with E-state index in [2.05, 4.69) is 15.8 Å². The molecule has 17 heavy (non-hydrogen) atoms. The van der Waals surface area contributed by atoms with E-state index in [0.29, 0.717) is 0 Å². The highest BCUT2D eigenvalue weighted by atomic mass is 15.4. The molecule has 4 heteroatoms. The number of rotatable bonds is 3. The highest BCUT2D eigenvalue weighted by Crippen LogP contribution is 2.24. The van der Waals surface area contributed by atoms with E-state index < -0.39 is 0 Å². The van der Waals surface area contributed by atoms with Crippen LogP contribution in [0.5, 0.6) is 0 Å². The highest BCUT2D eigenvalue weighted by Gasteiger charge is 2.03. The van der Waals surface area contributed by atoms with Crippen LogP contribution in [0.2, 0.25) is 0 Å². The van der Waals surface area contributed by atoms with E-state index in [4.69, 9.17) is 5.73 Å². The van der Waals surface area contributed by atoms with Crippen LogP contribution in [0.4, 0.5) is 17.2 Å². The van der Waals surface area contributed by atoms with Crippen molar-refractivity contribution < 1.29 is 0 Å². The zero-order valence-corrected chi connectivity index (χ0v) is 9.99. The van der Waals surface area contributed by atoms with Crippen LogP contribution >= 0.6 is 0 Å². The first kappa shape index (κ1) is 11.3. The van der Waals surface area contributed by atoms with Gasteiger partial charge in [0.05, 0.1) is 5.69 Å². The Labute approximate surface area is 101 Å². The number of benzene rings is 1. The van der Waals surface area contributed by atoms with Gasteiger partial charge in [-0.15, -0.1) is 0 Å². The second-order valence-electron chi connectivity index (χ2n) is 3.93. The molecule has 0 aliphatic carbocycles. The van der Waals surface area contributed by atoms with Crippen molar-refractivity contribution in [3.63, 3.8) is 0 Å². The predicted molar refractivity (Wildman–Crippen MR) is 71.8 cm³/mol. The summed E-state index contributed by atoms with van der Waals surface area (Å²) in [5.74, 6) is 0.769. The molecule has 0 radical (unpaired) electrons. The summed E-state index contributed by atoms with van der Waals surface area (Å²) in [7, 11) is 0. The number of hydrogen-bond acceptors (Lipinski definition) is 4. The third-order valence-corrected chi connectivity index (χ3v) is 2.72. The maximum Gasteiger partial charge on any atom is 0.144 e. The number of aryl methyl sites for hydroxylation is 1. The van der Waals surface area contributed by atoms with E-state index in [1.54, 1.807) is 6.20 Å². The first-order chi connectivity index (χ1) is 8.18.